The molecule has 1 aromatic carbocycles. The van der Waals surface area contributed by atoms with Gasteiger partial charge in [0.1, 0.15) is 5.75 Å². The van der Waals surface area contributed by atoms with Crippen LogP contribution in [0.3, 0.4) is 0 Å². The zero-order valence-electron chi connectivity index (χ0n) is 11.8. The third-order valence-corrected chi connectivity index (χ3v) is 3.16. The molecule has 0 aliphatic rings. The molecule has 20 heavy (non-hydrogen) atoms. The number of benzene rings is 1. The predicted molar refractivity (Wildman–Crippen MR) is 81.9 cm³/mol. The molecule has 0 aliphatic carbocycles. The fraction of sp³-hybridized carbons (Fsp3) is 0.500. The predicted octanol–water partition coefficient (Wildman–Crippen LogP) is 1.48. The number of rotatable bonds is 8. The van der Waals surface area contributed by atoms with E-state index in [9.17, 15) is 4.79 Å². The first kappa shape index (κ1) is 16.9. The Morgan fingerprint density at radius 3 is 2.85 bits per heavy atom. The number of nitrogens with one attached hydrogen (secondary N) is 1. The Hall–Kier alpha value is -1.11. The second-order valence-corrected chi connectivity index (χ2v) is 5.43. The zero-order valence-corrected chi connectivity index (χ0v) is 13.4. The molecule has 1 unspecified atom stereocenters. The van der Waals surface area contributed by atoms with Crippen LogP contribution >= 0.6 is 15.9 Å². The van der Waals surface area contributed by atoms with Crippen molar-refractivity contribution in [2.75, 3.05) is 26.9 Å². The van der Waals surface area contributed by atoms with Gasteiger partial charge in [0.15, 0.2) is 6.61 Å². The topological polar surface area (TPSA) is 73.6 Å². The molecule has 1 amide bonds. The van der Waals surface area contributed by atoms with Gasteiger partial charge in [-0.1, -0.05) is 6.07 Å². The molecular formula is C14H21BrN2O3. The lowest BCUT2D eigenvalue weighted by Gasteiger charge is -2.11. The van der Waals surface area contributed by atoms with E-state index in [4.69, 9.17) is 15.2 Å². The van der Waals surface area contributed by atoms with Crippen molar-refractivity contribution >= 4 is 21.8 Å². The minimum absolute atomic E-state index is 0.0189. The van der Waals surface area contributed by atoms with Crippen molar-refractivity contribution in [3.8, 4) is 5.75 Å². The molecule has 1 rings (SSSR count). The number of halogens is 1. The molecule has 112 valence electrons. The Morgan fingerprint density at radius 2 is 2.25 bits per heavy atom. The lowest BCUT2D eigenvalue weighted by molar-refractivity contribution is -0.123. The number of hydrogen-bond donors (Lipinski definition) is 2. The van der Waals surface area contributed by atoms with Crippen molar-refractivity contribution < 1.29 is 14.3 Å². The molecule has 0 fully saturated rings. The van der Waals surface area contributed by atoms with E-state index in [2.05, 4.69) is 21.2 Å². The van der Waals surface area contributed by atoms with E-state index < -0.39 is 0 Å². The van der Waals surface area contributed by atoms with Crippen LogP contribution in [0.15, 0.2) is 22.7 Å². The Kier molecular flexibility index (Phi) is 7.58. The number of amides is 1. The molecular weight excluding hydrogens is 324 g/mol. The standard InChI is InChI=1S/C14H21BrN2O3/c1-10(16)7-11-3-4-13(12(15)8-11)20-9-14(18)17-5-6-19-2/h3-4,8,10H,5-7,9,16H2,1-2H3,(H,17,18). The Labute approximate surface area is 127 Å². The summed E-state index contributed by atoms with van der Waals surface area (Å²) >= 11 is 3.43. The van der Waals surface area contributed by atoms with Gasteiger partial charge >= 0.3 is 0 Å². The highest BCUT2D eigenvalue weighted by atomic mass is 79.9. The monoisotopic (exact) mass is 344 g/mol. The molecule has 0 radical (unpaired) electrons. The molecule has 3 N–H and O–H groups in total. The molecule has 6 heteroatoms. The average molecular weight is 345 g/mol. The fourth-order valence-corrected chi connectivity index (χ4v) is 2.19. The smallest absolute Gasteiger partial charge is 0.258 e. The van der Waals surface area contributed by atoms with Crippen molar-refractivity contribution in [1.29, 1.82) is 0 Å². The highest BCUT2D eigenvalue weighted by Crippen LogP contribution is 2.26. The Balaban J connectivity index is 2.46. The number of nitrogens with two attached hydrogens (primary N) is 1. The third kappa shape index (κ3) is 6.36. The number of carbonyl (C=O) groups excluding carboxylic acids is 1. The van der Waals surface area contributed by atoms with Gasteiger partial charge in [-0.15, -0.1) is 0 Å². The molecule has 0 aromatic heterocycles. The maximum atomic E-state index is 11.5. The summed E-state index contributed by atoms with van der Waals surface area (Å²) in [6.45, 7) is 2.91. The van der Waals surface area contributed by atoms with E-state index >= 15 is 0 Å². The van der Waals surface area contributed by atoms with Gasteiger partial charge in [-0.2, -0.15) is 0 Å². The maximum Gasteiger partial charge on any atom is 0.258 e. The molecule has 5 nitrogen and oxygen atoms in total. The molecule has 0 saturated heterocycles. The van der Waals surface area contributed by atoms with Crippen LogP contribution in [-0.2, 0) is 16.0 Å². The van der Waals surface area contributed by atoms with E-state index in [0.29, 0.717) is 18.9 Å². The van der Waals surface area contributed by atoms with E-state index in [1.54, 1.807) is 7.11 Å². The minimum atomic E-state index is -0.173. The Bertz CT molecular complexity index is 438. The van der Waals surface area contributed by atoms with Crippen molar-refractivity contribution in [2.45, 2.75) is 19.4 Å². The minimum Gasteiger partial charge on any atom is -0.483 e. The second-order valence-electron chi connectivity index (χ2n) is 4.58. The fourth-order valence-electron chi connectivity index (χ4n) is 1.65. The van der Waals surface area contributed by atoms with E-state index in [0.717, 1.165) is 16.5 Å². The number of hydrogen-bond acceptors (Lipinski definition) is 4. The first-order valence-electron chi connectivity index (χ1n) is 6.45. The van der Waals surface area contributed by atoms with Crippen LogP contribution in [0.1, 0.15) is 12.5 Å². The lowest BCUT2D eigenvalue weighted by atomic mass is 10.1. The lowest BCUT2D eigenvalue weighted by Crippen LogP contribution is -2.31. The summed E-state index contributed by atoms with van der Waals surface area (Å²) < 4.78 is 11.1. The molecule has 0 bridgehead atoms. The van der Waals surface area contributed by atoms with Gasteiger partial charge in [0.25, 0.3) is 5.91 Å². The van der Waals surface area contributed by atoms with E-state index in [1.807, 2.05) is 25.1 Å². The first-order chi connectivity index (χ1) is 9.52. The van der Waals surface area contributed by atoms with Crippen LogP contribution in [-0.4, -0.2) is 38.8 Å². The van der Waals surface area contributed by atoms with Crippen molar-refractivity contribution in [3.63, 3.8) is 0 Å². The van der Waals surface area contributed by atoms with Gasteiger partial charge in [0.2, 0.25) is 0 Å². The number of methoxy groups -OCH3 is 1. The molecule has 0 heterocycles. The molecule has 0 saturated carbocycles. The third-order valence-electron chi connectivity index (χ3n) is 2.54. The summed E-state index contributed by atoms with van der Waals surface area (Å²) in [5.74, 6) is 0.467. The summed E-state index contributed by atoms with van der Waals surface area (Å²) in [4.78, 5) is 11.5. The van der Waals surface area contributed by atoms with Gasteiger partial charge in [0, 0.05) is 19.7 Å². The second kappa shape index (κ2) is 8.94. The molecule has 0 spiro atoms. The van der Waals surface area contributed by atoms with Crippen LogP contribution in [0.4, 0.5) is 0 Å². The van der Waals surface area contributed by atoms with Crippen LogP contribution < -0.4 is 15.8 Å². The molecule has 0 aliphatic heterocycles. The maximum absolute atomic E-state index is 11.5. The van der Waals surface area contributed by atoms with Crippen molar-refractivity contribution in [2.24, 2.45) is 5.73 Å². The number of ether oxygens (including phenoxy) is 2. The van der Waals surface area contributed by atoms with Gasteiger partial charge in [-0.25, -0.2) is 0 Å². The zero-order chi connectivity index (χ0) is 15.0. The highest BCUT2D eigenvalue weighted by molar-refractivity contribution is 9.10. The molecule has 1 atom stereocenters. The average Bonchev–Trinajstić information content (AvgIpc) is 2.37. The normalized spacial score (nSPS) is 12.0. The van der Waals surface area contributed by atoms with Gasteiger partial charge in [0.05, 0.1) is 11.1 Å². The van der Waals surface area contributed by atoms with Crippen molar-refractivity contribution in [3.05, 3.63) is 28.2 Å². The van der Waals surface area contributed by atoms with Crippen LogP contribution in [0.5, 0.6) is 5.75 Å². The summed E-state index contributed by atoms with van der Waals surface area (Å²) in [6, 6.07) is 5.86. The summed E-state index contributed by atoms with van der Waals surface area (Å²) in [6.07, 6.45) is 0.802. The summed E-state index contributed by atoms with van der Waals surface area (Å²) in [7, 11) is 1.59. The van der Waals surface area contributed by atoms with Gasteiger partial charge in [-0.3, -0.25) is 4.79 Å². The van der Waals surface area contributed by atoms with Crippen LogP contribution in [0.25, 0.3) is 0 Å². The number of carbonyl (C=O) groups is 1. The first-order valence-corrected chi connectivity index (χ1v) is 7.24. The van der Waals surface area contributed by atoms with E-state index in [1.165, 1.54) is 0 Å². The van der Waals surface area contributed by atoms with Crippen molar-refractivity contribution in [1.82, 2.24) is 5.32 Å². The van der Waals surface area contributed by atoms with Gasteiger partial charge < -0.3 is 20.5 Å². The quantitative estimate of drug-likeness (QED) is 0.700. The SMILES string of the molecule is COCCNC(=O)COc1ccc(CC(C)N)cc1Br. The van der Waals surface area contributed by atoms with Crippen LogP contribution in [0, 0.1) is 0 Å². The summed E-state index contributed by atoms with van der Waals surface area (Å²) in [5.41, 5.74) is 6.89. The van der Waals surface area contributed by atoms with Gasteiger partial charge in [-0.05, 0) is 47.0 Å². The molecule has 1 aromatic rings. The Morgan fingerprint density at radius 1 is 1.50 bits per heavy atom. The highest BCUT2D eigenvalue weighted by Gasteiger charge is 2.07. The summed E-state index contributed by atoms with van der Waals surface area (Å²) in [5, 5.41) is 2.69. The van der Waals surface area contributed by atoms with Crippen LogP contribution in [0.2, 0.25) is 0 Å². The largest absolute Gasteiger partial charge is 0.483 e. The van der Waals surface area contributed by atoms with E-state index in [-0.39, 0.29) is 18.6 Å².